The van der Waals surface area contributed by atoms with E-state index in [-0.39, 0.29) is 5.92 Å². The number of hydrogen-bond donors (Lipinski definition) is 0. The maximum Gasteiger partial charge on any atom is 0.132 e. The number of aryl methyl sites for hydroxylation is 1. The maximum atomic E-state index is 11.6. The predicted octanol–water partition coefficient (Wildman–Crippen LogP) is 5.17. The van der Waals surface area contributed by atoms with Gasteiger partial charge in [0.1, 0.15) is 5.78 Å². The zero-order valence-corrected chi connectivity index (χ0v) is 12.6. The Balaban J connectivity index is 2.01. The summed E-state index contributed by atoms with van der Waals surface area (Å²) in [6.07, 6.45) is 5.31. The molecule has 0 aromatic heterocycles. The lowest BCUT2D eigenvalue weighted by molar-refractivity contribution is -0.121. The molecule has 1 unspecified atom stereocenters. The first-order chi connectivity index (χ1) is 9.72. The number of carbonyl (C=O) groups excluding carboxylic acids is 1. The molecule has 1 heteroatoms. The molecule has 0 amide bonds. The molecule has 2 aromatic carbocycles. The van der Waals surface area contributed by atoms with Crippen LogP contribution in [0.25, 0.3) is 10.8 Å². The molecule has 1 nitrogen and oxygen atoms in total. The van der Waals surface area contributed by atoms with E-state index in [2.05, 4.69) is 49.4 Å². The maximum absolute atomic E-state index is 11.6. The Morgan fingerprint density at radius 1 is 1.05 bits per heavy atom. The van der Waals surface area contributed by atoms with E-state index in [1.54, 1.807) is 6.92 Å². The summed E-state index contributed by atoms with van der Waals surface area (Å²) in [6, 6.07) is 15.0. The number of ketones is 1. The van der Waals surface area contributed by atoms with Gasteiger partial charge in [-0.25, -0.2) is 0 Å². The largest absolute Gasteiger partial charge is 0.300 e. The smallest absolute Gasteiger partial charge is 0.132 e. The van der Waals surface area contributed by atoms with Crippen molar-refractivity contribution in [1.82, 2.24) is 0 Å². The second kappa shape index (κ2) is 7.23. The minimum Gasteiger partial charge on any atom is -0.300 e. The molecule has 0 N–H and O–H groups in total. The highest BCUT2D eigenvalue weighted by Gasteiger charge is 2.12. The summed E-state index contributed by atoms with van der Waals surface area (Å²) < 4.78 is 0. The van der Waals surface area contributed by atoms with Gasteiger partial charge in [0.15, 0.2) is 0 Å². The van der Waals surface area contributed by atoms with Crippen molar-refractivity contribution in [2.24, 2.45) is 5.92 Å². The molecule has 1 atom stereocenters. The van der Waals surface area contributed by atoms with Crippen LogP contribution in [0.5, 0.6) is 0 Å². The van der Waals surface area contributed by atoms with Crippen molar-refractivity contribution in [2.45, 2.75) is 46.0 Å². The van der Waals surface area contributed by atoms with Crippen molar-refractivity contribution in [3.63, 3.8) is 0 Å². The van der Waals surface area contributed by atoms with Gasteiger partial charge in [0.2, 0.25) is 0 Å². The van der Waals surface area contributed by atoms with Crippen molar-refractivity contribution in [1.29, 1.82) is 0 Å². The summed E-state index contributed by atoms with van der Waals surface area (Å²) in [5.74, 6) is 0.611. The molecule has 0 heterocycles. The molecule has 0 radical (unpaired) electrons. The lowest BCUT2D eigenvalue weighted by atomic mass is 9.91. The Morgan fingerprint density at radius 3 is 2.55 bits per heavy atom. The Labute approximate surface area is 122 Å². The van der Waals surface area contributed by atoms with Gasteiger partial charge in [-0.1, -0.05) is 55.8 Å². The van der Waals surface area contributed by atoms with Crippen molar-refractivity contribution in [3.8, 4) is 0 Å². The van der Waals surface area contributed by atoms with E-state index in [0.717, 1.165) is 32.1 Å². The Morgan fingerprint density at radius 2 is 1.80 bits per heavy atom. The second-order valence-electron chi connectivity index (χ2n) is 5.63. The third-order valence-corrected chi connectivity index (χ3v) is 4.09. The van der Waals surface area contributed by atoms with E-state index in [0.29, 0.717) is 5.78 Å². The van der Waals surface area contributed by atoms with Crippen LogP contribution in [0.2, 0.25) is 0 Å². The SMILES string of the molecule is CCCC(CCCc1cccc2ccccc12)C(C)=O. The second-order valence-corrected chi connectivity index (χ2v) is 5.63. The third-order valence-electron chi connectivity index (χ3n) is 4.09. The highest BCUT2D eigenvalue weighted by Crippen LogP contribution is 2.22. The van der Waals surface area contributed by atoms with Crippen LogP contribution in [0.15, 0.2) is 42.5 Å². The van der Waals surface area contributed by atoms with E-state index >= 15 is 0 Å². The van der Waals surface area contributed by atoms with Crippen molar-refractivity contribution in [2.75, 3.05) is 0 Å². The molecular weight excluding hydrogens is 244 g/mol. The number of rotatable bonds is 7. The molecule has 0 aliphatic heterocycles. The lowest BCUT2D eigenvalue weighted by Crippen LogP contribution is -2.10. The van der Waals surface area contributed by atoms with Crippen LogP contribution in [-0.4, -0.2) is 5.78 Å². The normalized spacial score (nSPS) is 12.5. The van der Waals surface area contributed by atoms with Gasteiger partial charge < -0.3 is 0 Å². The third kappa shape index (κ3) is 3.69. The molecule has 0 saturated heterocycles. The number of Topliss-reactive ketones (excluding diaryl/α,β-unsaturated/α-hetero) is 1. The van der Waals surface area contributed by atoms with Gasteiger partial charge in [-0.2, -0.15) is 0 Å². The van der Waals surface area contributed by atoms with E-state index in [1.807, 2.05) is 0 Å². The zero-order chi connectivity index (χ0) is 14.4. The van der Waals surface area contributed by atoms with E-state index in [1.165, 1.54) is 16.3 Å². The molecule has 2 aromatic rings. The van der Waals surface area contributed by atoms with E-state index in [9.17, 15) is 4.79 Å². The Kier molecular flexibility index (Phi) is 5.34. The predicted molar refractivity (Wildman–Crippen MR) is 86.0 cm³/mol. The first-order valence-corrected chi connectivity index (χ1v) is 7.69. The molecule has 2 rings (SSSR count). The molecule has 0 spiro atoms. The quantitative estimate of drug-likeness (QED) is 0.677. The summed E-state index contributed by atoms with van der Waals surface area (Å²) in [6.45, 7) is 3.89. The molecular formula is C19H24O. The van der Waals surface area contributed by atoms with Gasteiger partial charge in [0.25, 0.3) is 0 Å². The summed E-state index contributed by atoms with van der Waals surface area (Å²) in [7, 11) is 0. The topological polar surface area (TPSA) is 17.1 Å². The molecule has 0 aliphatic carbocycles. The van der Waals surface area contributed by atoms with Crippen LogP contribution < -0.4 is 0 Å². The number of benzene rings is 2. The summed E-state index contributed by atoms with van der Waals surface area (Å²) in [5, 5.41) is 2.66. The molecule has 20 heavy (non-hydrogen) atoms. The fourth-order valence-electron chi connectivity index (χ4n) is 2.95. The summed E-state index contributed by atoms with van der Waals surface area (Å²) in [5.41, 5.74) is 1.40. The fourth-order valence-corrected chi connectivity index (χ4v) is 2.95. The highest BCUT2D eigenvalue weighted by atomic mass is 16.1. The van der Waals surface area contributed by atoms with E-state index in [4.69, 9.17) is 0 Å². The van der Waals surface area contributed by atoms with Gasteiger partial charge in [-0.3, -0.25) is 4.79 Å². The first-order valence-electron chi connectivity index (χ1n) is 7.69. The van der Waals surface area contributed by atoms with Crippen LogP contribution >= 0.6 is 0 Å². The van der Waals surface area contributed by atoms with Gasteiger partial charge in [0.05, 0.1) is 0 Å². The minimum atomic E-state index is 0.259. The molecule has 0 bridgehead atoms. The minimum absolute atomic E-state index is 0.259. The average Bonchev–Trinajstić information content (AvgIpc) is 2.46. The van der Waals surface area contributed by atoms with Crippen LogP contribution in [0.4, 0.5) is 0 Å². The highest BCUT2D eigenvalue weighted by molar-refractivity contribution is 5.85. The van der Waals surface area contributed by atoms with Gasteiger partial charge in [-0.05, 0) is 48.9 Å². The number of carbonyl (C=O) groups is 1. The van der Waals surface area contributed by atoms with Gasteiger partial charge >= 0.3 is 0 Å². The van der Waals surface area contributed by atoms with Crippen LogP contribution in [0.1, 0.15) is 45.1 Å². The van der Waals surface area contributed by atoms with Crippen LogP contribution in [-0.2, 0) is 11.2 Å². The molecule has 0 saturated carbocycles. The van der Waals surface area contributed by atoms with Crippen molar-refractivity contribution < 1.29 is 4.79 Å². The number of fused-ring (bicyclic) bond motifs is 1. The molecule has 0 aliphatic rings. The fraction of sp³-hybridized carbons (Fsp3) is 0.421. The van der Waals surface area contributed by atoms with Gasteiger partial charge in [-0.15, -0.1) is 0 Å². The summed E-state index contributed by atoms with van der Waals surface area (Å²) in [4.78, 5) is 11.6. The Bertz CT molecular complexity index is 565. The monoisotopic (exact) mass is 268 g/mol. The van der Waals surface area contributed by atoms with E-state index < -0.39 is 0 Å². The van der Waals surface area contributed by atoms with Crippen LogP contribution in [0.3, 0.4) is 0 Å². The average molecular weight is 268 g/mol. The van der Waals surface area contributed by atoms with Crippen molar-refractivity contribution >= 4 is 16.6 Å². The van der Waals surface area contributed by atoms with Gasteiger partial charge in [0, 0.05) is 5.92 Å². The zero-order valence-electron chi connectivity index (χ0n) is 12.6. The molecule has 0 fully saturated rings. The van der Waals surface area contributed by atoms with Crippen molar-refractivity contribution in [3.05, 3.63) is 48.0 Å². The lowest BCUT2D eigenvalue weighted by Gasteiger charge is -2.13. The Hall–Kier alpha value is -1.63. The standard InChI is InChI=1S/C19H24O/c1-3-8-16(15(2)20)10-6-11-18-13-7-12-17-9-4-5-14-19(17)18/h4-5,7,9,12-14,16H,3,6,8,10-11H2,1-2H3. The first kappa shape index (κ1) is 14.8. The summed E-state index contributed by atoms with van der Waals surface area (Å²) >= 11 is 0. The number of hydrogen-bond acceptors (Lipinski definition) is 1. The molecule has 106 valence electrons. The van der Waals surface area contributed by atoms with Crippen LogP contribution in [0, 0.1) is 5.92 Å².